The van der Waals surface area contributed by atoms with E-state index in [1.165, 1.54) is 0 Å². The zero-order valence-electron chi connectivity index (χ0n) is 10.1. The first kappa shape index (κ1) is 12.1. The minimum absolute atomic E-state index is 0.00817. The molecule has 2 rings (SSSR count). The van der Waals surface area contributed by atoms with Crippen molar-refractivity contribution in [2.75, 3.05) is 13.2 Å². The summed E-state index contributed by atoms with van der Waals surface area (Å²) in [6.07, 6.45) is 5.86. The van der Waals surface area contributed by atoms with Crippen LogP contribution in [0.5, 0.6) is 0 Å². The summed E-state index contributed by atoms with van der Waals surface area (Å²) in [7, 11) is 0. The molecule has 0 radical (unpaired) electrons. The Morgan fingerprint density at radius 2 is 1.75 bits per heavy atom. The minimum Gasteiger partial charge on any atom is -0.352 e. The maximum Gasteiger partial charge on any atom is 0.157 e. The van der Waals surface area contributed by atoms with E-state index in [4.69, 9.17) is 9.47 Å². The van der Waals surface area contributed by atoms with Gasteiger partial charge in [-0.25, -0.2) is 0 Å². The third-order valence-corrected chi connectivity index (χ3v) is 3.61. The lowest BCUT2D eigenvalue weighted by Crippen LogP contribution is -2.31. The van der Waals surface area contributed by atoms with Crippen molar-refractivity contribution in [3.8, 4) is 0 Å². The first-order valence-electron chi connectivity index (χ1n) is 6.49. The highest BCUT2D eigenvalue weighted by Crippen LogP contribution is 2.27. The number of Topliss-reactive ketones (excluding diaryl/α,β-unsaturated/α-hetero) is 1. The number of ether oxygens (including phenoxy) is 2. The first-order valence-corrected chi connectivity index (χ1v) is 6.49. The standard InChI is InChI=1S/C13H22O3/c1-10-8-15-13(16-9-10)7-4-11-2-5-12(14)6-3-11/h10-11,13H,2-9H2,1H3. The van der Waals surface area contributed by atoms with E-state index < -0.39 is 0 Å². The Balaban J connectivity index is 1.62. The van der Waals surface area contributed by atoms with Crippen molar-refractivity contribution >= 4 is 5.78 Å². The lowest BCUT2D eigenvalue weighted by atomic mass is 9.85. The third-order valence-electron chi connectivity index (χ3n) is 3.61. The molecule has 1 saturated carbocycles. The molecule has 2 aliphatic rings. The van der Waals surface area contributed by atoms with Gasteiger partial charge in [-0.3, -0.25) is 4.79 Å². The van der Waals surface area contributed by atoms with Crippen LogP contribution in [0, 0.1) is 11.8 Å². The maximum absolute atomic E-state index is 11.1. The van der Waals surface area contributed by atoms with Crippen molar-refractivity contribution in [1.29, 1.82) is 0 Å². The predicted molar refractivity (Wildman–Crippen MR) is 61.1 cm³/mol. The molecule has 0 atom stereocenters. The van der Waals surface area contributed by atoms with Crippen LogP contribution in [0.1, 0.15) is 45.4 Å². The van der Waals surface area contributed by atoms with Gasteiger partial charge in [-0.1, -0.05) is 6.92 Å². The van der Waals surface area contributed by atoms with Gasteiger partial charge >= 0.3 is 0 Å². The molecule has 2 fully saturated rings. The van der Waals surface area contributed by atoms with Crippen LogP contribution in [0.3, 0.4) is 0 Å². The fourth-order valence-electron chi connectivity index (χ4n) is 2.47. The number of rotatable bonds is 3. The van der Waals surface area contributed by atoms with E-state index in [9.17, 15) is 4.79 Å². The summed E-state index contributed by atoms with van der Waals surface area (Å²) in [5, 5.41) is 0. The Bertz CT molecular complexity index is 221. The second-order valence-corrected chi connectivity index (χ2v) is 5.26. The third kappa shape index (κ3) is 3.56. The molecular weight excluding hydrogens is 204 g/mol. The normalized spacial score (nSPS) is 32.9. The summed E-state index contributed by atoms with van der Waals surface area (Å²) in [5.74, 6) is 1.68. The smallest absolute Gasteiger partial charge is 0.157 e. The fraction of sp³-hybridized carbons (Fsp3) is 0.923. The van der Waals surface area contributed by atoms with Gasteiger partial charge in [-0.2, -0.15) is 0 Å². The van der Waals surface area contributed by atoms with Crippen LogP contribution < -0.4 is 0 Å². The summed E-state index contributed by atoms with van der Waals surface area (Å²) in [6, 6.07) is 0. The van der Waals surface area contributed by atoms with Crippen LogP contribution in [0.15, 0.2) is 0 Å². The van der Waals surface area contributed by atoms with Crippen LogP contribution in [-0.2, 0) is 14.3 Å². The number of ketones is 1. The zero-order valence-corrected chi connectivity index (χ0v) is 10.1. The zero-order chi connectivity index (χ0) is 11.4. The molecule has 0 N–H and O–H groups in total. The van der Waals surface area contributed by atoms with E-state index >= 15 is 0 Å². The van der Waals surface area contributed by atoms with Gasteiger partial charge in [0.05, 0.1) is 13.2 Å². The van der Waals surface area contributed by atoms with Crippen LogP contribution in [0.2, 0.25) is 0 Å². The van der Waals surface area contributed by atoms with Crippen LogP contribution >= 0.6 is 0 Å². The molecule has 0 aromatic carbocycles. The highest BCUT2D eigenvalue weighted by atomic mass is 16.7. The number of carbonyl (C=O) groups excluding carboxylic acids is 1. The fourth-order valence-corrected chi connectivity index (χ4v) is 2.47. The molecule has 1 saturated heterocycles. The SMILES string of the molecule is CC1COC(CCC2CCC(=O)CC2)OC1. The average molecular weight is 226 g/mol. The van der Waals surface area contributed by atoms with Crippen LogP contribution in [0.4, 0.5) is 0 Å². The van der Waals surface area contributed by atoms with Gasteiger partial charge in [0, 0.05) is 18.8 Å². The second kappa shape index (κ2) is 5.78. The van der Waals surface area contributed by atoms with Crippen molar-refractivity contribution in [3.63, 3.8) is 0 Å². The molecule has 0 aromatic heterocycles. The quantitative estimate of drug-likeness (QED) is 0.742. The van der Waals surface area contributed by atoms with Gasteiger partial charge in [0.2, 0.25) is 0 Å². The number of carbonyl (C=O) groups is 1. The summed E-state index contributed by atoms with van der Waals surface area (Å²) < 4.78 is 11.2. The molecule has 0 bridgehead atoms. The Morgan fingerprint density at radius 3 is 2.38 bits per heavy atom. The molecule has 1 aliphatic carbocycles. The van der Waals surface area contributed by atoms with E-state index in [0.29, 0.717) is 17.6 Å². The van der Waals surface area contributed by atoms with Crippen molar-refractivity contribution in [2.45, 2.75) is 51.7 Å². The van der Waals surface area contributed by atoms with Gasteiger partial charge in [-0.05, 0) is 31.6 Å². The van der Waals surface area contributed by atoms with Gasteiger partial charge in [0.15, 0.2) is 6.29 Å². The number of hydrogen-bond donors (Lipinski definition) is 0. The Kier molecular flexibility index (Phi) is 4.36. The summed E-state index contributed by atoms with van der Waals surface area (Å²) in [6.45, 7) is 3.80. The Hall–Kier alpha value is -0.410. The van der Waals surface area contributed by atoms with Crippen molar-refractivity contribution < 1.29 is 14.3 Å². The second-order valence-electron chi connectivity index (χ2n) is 5.26. The minimum atomic E-state index is 0.00817. The first-order chi connectivity index (χ1) is 7.74. The van der Waals surface area contributed by atoms with Crippen molar-refractivity contribution in [1.82, 2.24) is 0 Å². The highest BCUT2D eigenvalue weighted by Gasteiger charge is 2.23. The summed E-state index contributed by atoms with van der Waals surface area (Å²) in [5.41, 5.74) is 0. The molecule has 0 spiro atoms. The molecular formula is C13H22O3. The summed E-state index contributed by atoms with van der Waals surface area (Å²) in [4.78, 5) is 11.1. The van der Waals surface area contributed by atoms with E-state index in [1.54, 1.807) is 0 Å². The molecule has 92 valence electrons. The average Bonchev–Trinajstić information content (AvgIpc) is 2.30. The van der Waals surface area contributed by atoms with E-state index in [1.807, 2.05) is 0 Å². The van der Waals surface area contributed by atoms with Crippen LogP contribution in [-0.4, -0.2) is 25.3 Å². The molecule has 0 amide bonds. The van der Waals surface area contributed by atoms with Crippen LogP contribution in [0.25, 0.3) is 0 Å². The lowest BCUT2D eigenvalue weighted by Gasteiger charge is -2.29. The van der Waals surface area contributed by atoms with E-state index in [0.717, 1.165) is 51.7 Å². The van der Waals surface area contributed by atoms with E-state index in [2.05, 4.69) is 6.92 Å². The molecule has 1 aliphatic heterocycles. The number of hydrogen-bond acceptors (Lipinski definition) is 3. The van der Waals surface area contributed by atoms with Gasteiger partial charge in [0.25, 0.3) is 0 Å². The molecule has 1 heterocycles. The topological polar surface area (TPSA) is 35.5 Å². The van der Waals surface area contributed by atoms with Crippen molar-refractivity contribution in [2.24, 2.45) is 11.8 Å². The lowest BCUT2D eigenvalue weighted by molar-refractivity contribution is -0.201. The van der Waals surface area contributed by atoms with Gasteiger partial charge < -0.3 is 9.47 Å². The highest BCUT2D eigenvalue weighted by molar-refractivity contribution is 5.78. The monoisotopic (exact) mass is 226 g/mol. The summed E-state index contributed by atoms with van der Waals surface area (Å²) >= 11 is 0. The molecule has 3 nitrogen and oxygen atoms in total. The Morgan fingerprint density at radius 1 is 1.12 bits per heavy atom. The van der Waals surface area contributed by atoms with Gasteiger partial charge in [-0.15, -0.1) is 0 Å². The van der Waals surface area contributed by atoms with Gasteiger partial charge in [0.1, 0.15) is 5.78 Å². The molecule has 0 aromatic rings. The molecule has 0 unspecified atom stereocenters. The predicted octanol–water partition coefficient (Wildman–Crippen LogP) is 2.53. The van der Waals surface area contributed by atoms with Crippen molar-refractivity contribution in [3.05, 3.63) is 0 Å². The molecule has 16 heavy (non-hydrogen) atoms. The largest absolute Gasteiger partial charge is 0.352 e. The maximum atomic E-state index is 11.1. The van der Waals surface area contributed by atoms with E-state index in [-0.39, 0.29) is 6.29 Å². The molecule has 3 heteroatoms. The Labute approximate surface area is 97.5 Å².